The van der Waals surface area contributed by atoms with Crippen LogP contribution in [0.4, 0.5) is 5.69 Å². The summed E-state index contributed by atoms with van der Waals surface area (Å²) >= 11 is 1.61. The van der Waals surface area contributed by atoms with Gasteiger partial charge in [0.25, 0.3) is 0 Å². The van der Waals surface area contributed by atoms with Gasteiger partial charge in [-0.2, -0.15) is 5.26 Å². The molecule has 0 radical (unpaired) electrons. The standard InChI is InChI=1S/C17H19N5OS/c18-9-12-10-20-5-3-16(12)22-6-4-13(11-22)21-17(23)15(19)8-14-2-1-7-24-14/h1-3,5,7,10,13,15H,4,6,8,11,19H2,(H,21,23)/t13-,15-/m0/s1. The van der Waals surface area contributed by atoms with Crippen molar-refractivity contribution in [3.05, 3.63) is 46.4 Å². The fourth-order valence-electron chi connectivity index (χ4n) is 2.89. The van der Waals surface area contributed by atoms with Crippen LogP contribution in [0.3, 0.4) is 0 Å². The summed E-state index contributed by atoms with van der Waals surface area (Å²) in [6, 6.07) is 7.46. The summed E-state index contributed by atoms with van der Waals surface area (Å²) in [5.41, 5.74) is 7.43. The molecule has 1 saturated heterocycles. The fraction of sp³-hybridized carbons (Fsp3) is 0.353. The molecule has 0 saturated carbocycles. The van der Waals surface area contributed by atoms with E-state index in [1.807, 2.05) is 23.6 Å². The minimum atomic E-state index is -0.534. The van der Waals surface area contributed by atoms with Gasteiger partial charge in [0.1, 0.15) is 6.07 Å². The van der Waals surface area contributed by atoms with Gasteiger partial charge in [0.15, 0.2) is 0 Å². The zero-order chi connectivity index (χ0) is 16.9. The second kappa shape index (κ2) is 7.43. The Kier molecular flexibility index (Phi) is 5.08. The Balaban J connectivity index is 1.56. The number of nitrogens with zero attached hydrogens (tertiary/aromatic N) is 3. The molecule has 0 bridgehead atoms. The molecular formula is C17H19N5OS. The molecule has 24 heavy (non-hydrogen) atoms. The highest BCUT2D eigenvalue weighted by atomic mass is 32.1. The molecule has 2 atom stereocenters. The summed E-state index contributed by atoms with van der Waals surface area (Å²) < 4.78 is 0. The highest BCUT2D eigenvalue weighted by molar-refractivity contribution is 7.09. The molecular weight excluding hydrogens is 322 g/mol. The van der Waals surface area contributed by atoms with Gasteiger partial charge in [-0.25, -0.2) is 0 Å². The molecule has 3 rings (SSSR count). The fourth-order valence-corrected chi connectivity index (χ4v) is 3.66. The minimum Gasteiger partial charge on any atom is -0.368 e. The number of hydrogen-bond donors (Lipinski definition) is 2. The summed E-state index contributed by atoms with van der Waals surface area (Å²) in [5.74, 6) is -0.120. The normalized spacial score (nSPS) is 18.2. The average molecular weight is 341 g/mol. The van der Waals surface area contributed by atoms with E-state index in [1.54, 1.807) is 23.7 Å². The molecule has 0 aromatic carbocycles. The van der Waals surface area contributed by atoms with E-state index >= 15 is 0 Å². The van der Waals surface area contributed by atoms with Crippen LogP contribution < -0.4 is 16.0 Å². The van der Waals surface area contributed by atoms with Gasteiger partial charge in [0, 0.05) is 42.8 Å². The topological polar surface area (TPSA) is 95.0 Å². The van der Waals surface area contributed by atoms with Gasteiger partial charge >= 0.3 is 0 Å². The Morgan fingerprint density at radius 2 is 2.46 bits per heavy atom. The Morgan fingerprint density at radius 3 is 3.21 bits per heavy atom. The number of pyridine rings is 1. The van der Waals surface area contributed by atoms with E-state index in [2.05, 4.69) is 21.3 Å². The van der Waals surface area contributed by atoms with Crippen LogP contribution in [-0.4, -0.2) is 36.1 Å². The van der Waals surface area contributed by atoms with Gasteiger partial charge in [-0.15, -0.1) is 11.3 Å². The van der Waals surface area contributed by atoms with Crippen molar-refractivity contribution in [3.8, 4) is 6.07 Å². The molecule has 3 heterocycles. The van der Waals surface area contributed by atoms with Crippen LogP contribution in [-0.2, 0) is 11.2 Å². The van der Waals surface area contributed by atoms with Crippen LogP contribution >= 0.6 is 11.3 Å². The molecule has 6 nitrogen and oxygen atoms in total. The SMILES string of the molecule is N#Cc1cnccc1N1CC[C@H](NC(=O)[C@@H](N)Cc2cccs2)C1. The zero-order valence-corrected chi connectivity index (χ0v) is 14.0. The molecule has 1 aliphatic heterocycles. The van der Waals surface area contributed by atoms with Gasteiger partial charge in [-0.3, -0.25) is 9.78 Å². The van der Waals surface area contributed by atoms with Crippen molar-refractivity contribution >= 4 is 22.9 Å². The average Bonchev–Trinajstić information content (AvgIpc) is 3.26. The summed E-state index contributed by atoms with van der Waals surface area (Å²) in [5, 5.41) is 14.2. The number of carbonyl (C=O) groups is 1. The zero-order valence-electron chi connectivity index (χ0n) is 13.2. The van der Waals surface area contributed by atoms with Crippen LogP contribution in [0.15, 0.2) is 36.0 Å². The first-order valence-corrected chi connectivity index (χ1v) is 8.72. The molecule has 0 aliphatic carbocycles. The van der Waals surface area contributed by atoms with Crippen LogP contribution in [0.2, 0.25) is 0 Å². The largest absolute Gasteiger partial charge is 0.368 e. The molecule has 0 unspecified atom stereocenters. The van der Waals surface area contributed by atoms with Gasteiger partial charge < -0.3 is 16.0 Å². The summed E-state index contributed by atoms with van der Waals surface area (Å²) in [6.45, 7) is 1.47. The van der Waals surface area contributed by atoms with Crippen LogP contribution in [0.1, 0.15) is 16.9 Å². The Morgan fingerprint density at radius 1 is 1.58 bits per heavy atom. The molecule has 124 valence electrons. The van der Waals surface area contributed by atoms with Crippen molar-refractivity contribution in [3.63, 3.8) is 0 Å². The Bertz CT molecular complexity index is 740. The van der Waals surface area contributed by atoms with E-state index in [0.29, 0.717) is 18.5 Å². The van der Waals surface area contributed by atoms with E-state index in [9.17, 15) is 10.1 Å². The lowest BCUT2D eigenvalue weighted by molar-refractivity contribution is -0.122. The lowest BCUT2D eigenvalue weighted by Crippen LogP contribution is -2.47. The molecule has 2 aromatic heterocycles. The number of amides is 1. The molecule has 1 aliphatic rings. The molecule has 1 fully saturated rings. The third-order valence-corrected chi connectivity index (χ3v) is 5.03. The summed E-state index contributed by atoms with van der Waals surface area (Å²) in [4.78, 5) is 19.5. The molecule has 2 aromatic rings. The molecule has 3 N–H and O–H groups in total. The van der Waals surface area contributed by atoms with Gasteiger partial charge in [0.2, 0.25) is 5.91 Å². The Labute approximate surface area is 144 Å². The lowest BCUT2D eigenvalue weighted by atomic mass is 10.1. The van der Waals surface area contributed by atoms with E-state index in [0.717, 1.165) is 23.5 Å². The number of aromatic nitrogens is 1. The maximum atomic E-state index is 12.3. The number of anilines is 1. The monoisotopic (exact) mass is 341 g/mol. The first-order valence-electron chi connectivity index (χ1n) is 7.85. The van der Waals surface area contributed by atoms with Crippen molar-refractivity contribution in [2.24, 2.45) is 5.73 Å². The number of thiophene rings is 1. The van der Waals surface area contributed by atoms with Crippen molar-refractivity contribution < 1.29 is 4.79 Å². The third kappa shape index (κ3) is 3.72. The van der Waals surface area contributed by atoms with E-state index in [4.69, 9.17) is 5.73 Å². The van der Waals surface area contributed by atoms with E-state index < -0.39 is 6.04 Å². The van der Waals surface area contributed by atoms with Crippen molar-refractivity contribution in [2.75, 3.05) is 18.0 Å². The number of hydrogen-bond acceptors (Lipinski definition) is 6. The molecule has 7 heteroatoms. The minimum absolute atomic E-state index is 0.0478. The predicted molar refractivity (Wildman–Crippen MR) is 93.7 cm³/mol. The molecule has 1 amide bonds. The predicted octanol–water partition coefficient (Wildman–Crippen LogP) is 1.28. The second-order valence-corrected chi connectivity index (χ2v) is 6.87. The van der Waals surface area contributed by atoms with Gasteiger partial charge in [-0.1, -0.05) is 6.07 Å². The number of nitrogens with one attached hydrogen (secondary N) is 1. The maximum absolute atomic E-state index is 12.3. The van der Waals surface area contributed by atoms with Crippen LogP contribution in [0, 0.1) is 11.3 Å². The number of nitrogens with two attached hydrogens (primary N) is 1. The smallest absolute Gasteiger partial charge is 0.237 e. The first-order chi connectivity index (χ1) is 11.7. The second-order valence-electron chi connectivity index (χ2n) is 5.83. The van der Waals surface area contributed by atoms with E-state index in [1.165, 1.54) is 0 Å². The number of nitriles is 1. The lowest BCUT2D eigenvalue weighted by Gasteiger charge is -2.20. The first kappa shape index (κ1) is 16.4. The highest BCUT2D eigenvalue weighted by Gasteiger charge is 2.27. The number of carbonyl (C=O) groups excluding carboxylic acids is 1. The van der Waals surface area contributed by atoms with Crippen molar-refractivity contribution in [2.45, 2.75) is 24.9 Å². The number of rotatable bonds is 5. The maximum Gasteiger partial charge on any atom is 0.237 e. The van der Waals surface area contributed by atoms with Crippen molar-refractivity contribution in [1.29, 1.82) is 5.26 Å². The van der Waals surface area contributed by atoms with E-state index in [-0.39, 0.29) is 11.9 Å². The van der Waals surface area contributed by atoms with Gasteiger partial charge in [0.05, 0.1) is 17.3 Å². The quantitative estimate of drug-likeness (QED) is 0.854. The van der Waals surface area contributed by atoms with Gasteiger partial charge in [-0.05, 0) is 23.9 Å². The third-order valence-electron chi connectivity index (χ3n) is 4.13. The Hall–Kier alpha value is -2.43. The van der Waals surface area contributed by atoms with Crippen LogP contribution in [0.5, 0.6) is 0 Å². The summed E-state index contributed by atoms with van der Waals surface area (Å²) in [7, 11) is 0. The summed E-state index contributed by atoms with van der Waals surface area (Å²) in [6.07, 6.45) is 4.64. The van der Waals surface area contributed by atoms with Crippen molar-refractivity contribution in [1.82, 2.24) is 10.3 Å². The molecule has 0 spiro atoms. The van der Waals surface area contributed by atoms with Crippen LogP contribution in [0.25, 0.3) is 0 Å². The highest BCUT2D eigenvalue weighted by Crippen LogP contribution is 2.23.